The van der Waals surface area contributed by atoms with E-state index in [1.807, 2.05) is 42.5 Å². The Morgan fingerprint density at radius 3 is 2.67 bits per heavy atom. The van der Waals surface area contributed by atoms with E-state index in [9.17, 15) is 9.59 Å². The van der Waals surface area contributed by atoms with Gasteiger partial charge in [-0.3, -0.25) is 9.59 Å². The predicted octanol–water partition coefficient (Wildman–Crippen LogP) is 1.99. The second-order valence-corrected chi connectivity index (χ2v) is 5.23. The number of amides is 1. The number of imidazole rings is 1. The van der Waals surface area contributed by atoms with E-state index >= 15 is 0 Å². The molecule has 24 heavy (non-hydrogen) atoms. The van der Waals surface area contributed by atoms with Crippen LogP contribution in [0.15, 0.2) is 48.5 Å². The molecule has 0 saturated carbocycles. The minimum Gasteiger partial charge on any atom is -0.480 e. The van der Waals surface area contributed by atoms with Crippen LogP contribution in [-0.4, -0.2) is 33.5 Å². The largest absolute Gasteiger partial charge is 0.480 e. The van der Waals surface area contributed by atoms with E-state index in [0.717, 1.165) is 11.3 Å². The summed E-state index contributed by atoms with van der Waals surface area (Å²) < 4.78 is 0. The van der Waals surface area contributed by atoms with Gasteiger partial charge < -0.3 is 20.7 Å². The van der Waals surface area contributed by atoms with Gasteiger partial charge in [-0.2, -0.15) is 0 Å². The number of rotatable bonds is 6. The minimum atomic E-state index is -1.10. The number of aromatic amines is 1. The molecule has 3 rings (SSSR count). The molecular formula is C17H16N4O3. The molecule has 0 fully saturated rings. The van der Waals surface area contributed by atoms with Crippen molar-refractivity contribution in [2.24, 2.45) is 0 Å². The Morgan fingerprint density at radius 1 is 1.12 bits per heavy atom. The first-order valence-corrected chi connectivity index (χ1v) is 7.39. The third-order valence-corrected chi connectivity index (χ3v) is 3.44. The first kappa shape index (κ1) is 15.5. The smallest absolute Gasteiger partial charge is 0.322 e. The first-order chi connectivity index (χ1) is 11.6. The Bertz CT molecular complexity index is 874. The monoisotopic (exact) mass is 324 g/mol. The number of carboxylic acids is 1. The molecule has 0 aliphatic rings. The SMILES string of the molecule is O=C(O)CNC(=O)c1nc2ccc(NCc3ccccc3)cc2[nH]1. The predicted molar refractivity (Wildman–Crippen MR) is 89.8 cm³/mol. The lowest BCUT2D eigenvalue weighted by atomic mass is 10.2. The van der Waals surface area contributed by atoms with Crippen LogP contribution in [0.1, 0.15) is 16.2 Å². The molecule has 1 amide bonds. The molecule has 0 saturated heterocycles. The number of carbonyl (C=O) groups excluding carboxylic acids is 1. The number of aromatic nitrogens is 2. The van der Waals surface area contributed by atoms with Gasteiger partial charge in [0.1, 0.15) is 6.54 Å². The van der Waals surface area contributed by atoms with Crippen molar-refractivity contribution in [3.05, 3.63) is 59.9 Å². The van der Waals surface area contributed by atoms with Crippen molar-refractivity contribution >= 4 is 28.6 Å². The second-order valence-electron chi connectivity index (χ2n) is 5.23. The molecule has 0 radical (unpaired) electrons. The lowest BCUT2D eigenvalue weighted by Crippen LogP contribution is -2.29. The maximum Gasteiger partial charge on any atom is 0.322 e. The second kappa shape index (κ2) is 6.82. The minimum absolute atomic E-state index is 0.0893. The lowest BCUT2D eigenvalue weighted by Gasteiger charge is -2.06. The molecule has 0 atom stereocenters. The molecule has 0 aliphatic carbocycles. The van der Waals surface area contributed by atoms with Gasteiger partial charge in [0.25, 0.3) is 5.91 Å². The summed E-state index contributed by atoms with van der Waals surface area (Å²) >= 11 is 0. The highest BCUT2D eigenvalue weighted by molar-refractivity contribution is 5.95. The molecule has 1 aromatic heterocycles. The highest BCUT2D eigenvalue weighted by Crippen LogP contribution is 2.18. The molecule has 122 valence electrons. The van der Waals surface area contributed by atoms with Gasteiger partial charge in [-0.1, -0.05) is 30.3 Å². The summed E-state index contributed by atoms with van der Waals surface area (Å²) in [6.45, 7) is 0.242. The van der Waals surface area contributed by atoms with E-state index in [0.29, 0.717) is 17.6 Å². The van der Waals surface area contributed by atoms with Gasteiger partial charge in [0.2, 0.25) is 0 Å². The van der Waals surface area contributed by atoms with E-state index in [2.05, 4.69) is 20.6 Å². The van der Waals surface area contributed by atoms with Gasteiger partial charge in [-0.15, -0.1) is 0 Å². The van der Waals surface area contributed by atoms with Crippen molar-refractivity contribution in [2.75, 3.05) is 11.9 Å². The summed E-state index contributed by atoms with van der Waals surface area (Å²) in [5, 5.41) is 14.2. The van der Waals surface area contributed by atoms with Gasteiger partial charge in [0, 0.05) is 12.2 Å². The van der Waals surface area contributed by atoms with E-state index in [4.69, 9.17) is 5.11 Å². The molecule has 3 aromatic rings. The highest BCUT2D eigenvalue weighted by Gasteiger charge is 2.12. The summed E-state index contributed by atoms with van der Waals surface area (Å²) in [4.78, 5) is 29.4. The Hall–Kier alpha value is -3.35. The molecule has 0 aliphatic heterocycles. The number of hydrogen-bond acceptors (Lipinski definition) is 4. The van der Waals surface area contributed by atoms with E-state index in [1.54, 1.807) is 6.07 Å². The molecule has 4 N–H and O–H groups in total. The lowest BCUT2D eigenvalue weighted by molar-refractivity contribution is -0.135. The fraction of sp³-hybridized carbons (Fsp3) is 0.118. The van der Waals surface area contributed by atoms with Crippen molar-refractivity contribution in [2.45, 2.75) is 6.54 Å². The maximum atomic E-state index is 11.8. The fourth-order valence-electron chi connectivity index (χ4n) is 2.27. The summed E-state index contributed by atoms with van der Waals surface area (Å²) in [7, 11) is 0. The van der Waals surface area contributed by atoms with Crippen molar-refractivity contribution in [1.82, 2.24) is 15.3 Å². The third-order valence-electron chi connectivity index (χ3n) is 3.44. The molecule has 0 spiro atoms. The van der Waals surface area contributed by atoms with Gasteiger partial charge in [0.05, 0.1) is 11.0 Å². The number of aliphatic carboxylic acids is 1. The van der Waals surface area contributed by atoms with Crippen LogP contribution in [0.25, 0.3) is 11.0 Å². The van der Waals surface area contributed by atoms with Crippen molar-refractivity contribution in [3.8, 4) is 0 Å². The Kier molecular flexibility index (Phi) is 4.42. The van der Waals surface area contributed by atoms with Gasteiger partial charge in [-0.25, -0.2) is 4.98 Å². The van der Waals surface area contributed by atoms with Gasteiger partial charge in [-0.05, 0) is 23.8 Å². The third kappa shape index (κ3) is 3.70. The molecule has 0 bridgehead atoms. The number of carbonyl (C=O) groups is 2. The fourth-order valence-corrected chi connectivity index (χ4v) is 2.27. The van der Waals surface area contributed by atoms with Crippen LogP contribution < -0.4 is 10.6 Å². The molecule has 0 unspecified atom stereocenters. The van der Waals surface area contributed by atoms with E-state index in [1.165, 1.54) is 0 Å². The Balaban J connectivity index is 1.71. The Labute approximate surface area is 137 Å². The topological polar surface area (TPSA) is 107 Å². The van der Waals surface area contributed by atoms with Crippen LogP contribution in [0.3, 0.4) is 0 Å². The quantitative estimate of drug-likeness (QED) is 0.555. The zero-order chi connectivity index (χ0) is 16.9. The normalized spacial score (nSPS) is 10.5. The van der Waals surface area contributed by atoms with Crippen molar-refractivity contribution in [3.63, 3.8) is 0 Å². The molecule has 1 heterocycles. The van der Waals surface area contributed by atoms with E-state index < -0.39 is 18.4 Å². The molecule has 7 nitrogen and oxygen atoms in total. The zero-order valence-corrected chi connectivity index (χ0v) is 12.7. The van der Waals surface area contributed by atoms with Crippen LogP contribution in [0.4, 0.5) is 5.69 Å². The van der Waals surface area contributed by atoms with E-state index in [-0.39, 0.29) is 5.82 Å². The highest BCUT2D eigenvalue weighted by atomic mass is 16.4. The van der Waals surface area contributed by atoms with Crippen LogP contribution in [-0.2, 0) is 11.3 Å². The first-order valence-electron chi connectivity index (χ1n) is 7.39. The summed E-state index contributed by atoms with van der Waals surface area (Å²) in [5.74, 6) is -1.56. The van der Waals surface area contributed by atoms with Crippen LogP contribution in [0, 0.1) is 0 Å². The number of benzene rings is 2. The van der Waals surface area contributed by atoms with Gasteiger partial charge >= 0.3 is 5.97 Å². The van der Waals surface area contributed by atoms with Crippen LogP contribution in [0.2, 0.25) is 0 Å². The number of hydrogen-bond donors (Lipinski definition) is 4. The summed E-state index contributed by atoms with van der Waals surface area (Å²) in [5.41, 5.74) is 3.40. The number of fused-ring (bicyclic) bond motifs is 1. The average molecular weight is 324 g/mol. The summed E-state index contributed by atoms with van der Waals surface area (Å²) in [6.07, 6.45) is 0. The van der Waals surface area contributed by atoms with Crippen molar-refractivity contribution < 1.29 is 14.7 Å². The maximum absolute atomic E-state index is 11.8. The number of anilines is 1. The van der Waals surface area contributed by atoms with Gasteiger partial charge in [0.15, 0.2) is 5.82 Å². The molecule has 2 aromatic carbocycles. The Morgan fingerprint density at radius 2 is 1.92 bits per heavy atom. The number of H-pyrrole nitrogens is 1. The average Bonchev–Trinajstić information content (AvgIpc) is 3.02. The van der Waals surface area contributed by atoms with Crippen LogP contribution >= 0.6 is 0 Å². The zero-order valence-electron chi connectivity index (χ0n) is 12.7. The van der Waals surface area contributed by atoms with Crippen LogP contribution in [0.5, 0.6) is 0 Å². The number of nitrogens with zero attached hydrogens (tertiary/aromatic N) is 1. The molecular weight excluding hydrogens is 308 g/mol. The standard InChI is InChI=1S/C17H16N4O3/c22-15(23)10-19-17(24)16-20-13-7-6-12(8-14(13)21-16)18-9-11-4-2-1-3-5-11/h1-8,18H,9-10H2,(H,19,24)(H,20,21)(H,22,23). The number of carboxylic acid groups (broad SMARTS) is 1. The summed E-state index contributed by atoms with van der Waals surface area (Å²) in [6, 6.07) is 15.5. The van der Waals surface area contributed by atoms with Crippen molar-refractivity contribution in [1.29, 1.82) is 0 Å². The molecule has 7 heteroatoms. The number of nitrogens with one attached hydrogen (secondary N) is 3.